The Morgan fingerprint density at radius 2 is 1.61 bits per heavy atom. The Hall–Kier alpha value is -4.08. The molecule has 0 saturated heterocycles. The number of hydrogen-bond donors (Lipinski definition) is 2. The standard InChI is InChI=1S/C18H12N6O4/c1-3-13-15(5-9(1)11-6-19-23-21-11)28-18(27-13)10-2-4-14-17(26-8-25-14)16(10)12-7-20-24-22-12/h1-7,18H,8H2,(H,19,21,23)(H,20,22,24). The highest BCUT2D eigenvalue weighted by molar-refractivity contribution is 5.75. The van der Waals surface area contributed by atoms with Crippen LogP contribution in [-0.2, 0) is 0 Å². The van der Waals surface area contributed by atoms with Gasteiger partial charge >= 0.3 is 0 Å². The van der Waals surface area contributed by atoms with Crippen LogP contribution in [-0.4, -0.2) is 37.6 Å². The maximum atomic E-state index is 6.10. The van der Waals surface area contributed by atoms with E-state index < -0.39 is 6.29 Å². The second-order valence-corrected chi connectivity index (χ2v) is 6.23. The molecule has 2 N–H and O–H groups in total. The molecular formula is C18H12N6O4. The minimum absolute atomic E-state index is 0.154. The molecular weight excluding hydrogens is 364 g/mol. The van der Waals surface area contributed by atoms with Gasteiger partial charge in [-0.2, -0.15) is 0 Å². The molecule has 0 bridgehead atoms. The van der Waals surface area contributed by atoms with Gasteiger partial charge < -0.3 is 18.9 Å². The summed E-state index contributed by atoms with van der Waals surface area (Å²) in [5, 5.41) is 20.9. The average molecular weight is 376 g/mol. The van der Waals surface area contributed by atoms with Gasteiger partial charge in [0.05, 0.1) is 29.3 Å². The fourth-order valence-electron chi connectivity index (χ4n) is 3.36. The van der Waals surface area contributed by atoms with Crippen molar-refractivity contribution >= 4 is 0 Å². The fraction of sp³-hybridized carbons (Fsp3) is 0.111. The summed E-state index contributed by atoms with van der Waals surface area (Å²) < 4.78 is 23.3. The summed E-state index contributed by atoms with van der Waals surface area (Å²) in [5.41, 5.74) is 3.90. The zero-order valence-electron chi connectivity index (χ0n) is 14.2. The predicted molar refractivity (Wildman–Crippen MR) is 93.8 cm³/mol. The maximum absolute atomic E-state index is 6.10. The molecule has 2 aromatic carbocycles. The van der Waals surface area contributed by atoms with Crippen molar-refractivity contribution in [3.05, 3.63) is 48.3 Å². The highest BCUT2D eigenvalue weighted by Gasteiger charge is 2.33. The van der Waals surface area contributed by atoms with Crippen LogP contribution in [0.15, 0.2) is 42.7 Å². The quantitative estimate of drug-likeness (QED) is 0.559. The van der Waals surface area contributed by atoms with Gasteiger partial charge in [0.25, 0.3) is 6.29 Å². The highest BCUT2D eigenvalue weighted by Crippen LogP contribution is 2.49. The molecule has 138 valence electrons. The lowest BCUT2D eigenvalue weighted by Gasteiger charge is -2.15. The predicted octanol–water partition coefficient (Wildman–Crippen LogP) is 2.46. The van der Waals surface area contributed by atoms with Crippen molar-refractivity contribution in [3.8, 4) is 45.5 Å². The topological polar surface area (TPSA) is 120 Å². The van der Waals surface area contributed by atoms with Crippen molar-refractivity contribution in [2.24, 2.45) is 0 Å². The third kappa shape index (κ3) is 2.21. The first-order valence-electron chi connectivity index (χ1n) is 8.49. The molecule has 10 heteroatoms. The molecule has 0 spiro atoms. The first-order valence-corrected chi connectivity index (χ1v) is 8.49. The van der Waals surface area contributed by atoms with Gasteiger partial charge in [-0.25, -0.2) is 0 Å². The summed E-state index contributed by atoms with van der Waals surface area (Å²) in [5.74, 6) is 2.53. The maximum Gasteiger partial charge on any atom is 0.268 e. The lowest BCUT2D eigenvalue weighted by atomic mass is 10.0. The number of rotatable bonds is 3. The van der Waals surface area contributed by atoms with E-state index in [9.17, 15) is 0 Å². The first-order chi connectivity index (χ1) is 13.9. The van der Waals surface area contributed by atoms with Gasteiger partial charge in [-0.3, -0.25) is 10.2 Å². The van der Waals surface area contributed by atoms with Crippen LogP contribution >= 0.6 is 0 Å². The summed E-state index contributed by atoms with van der Waals surface area (Å²) in [4.78, 5) is 0. The van der Waals surface area contributed by atoms with E-state index in [1.807, 2.05) is 30.3 Å². The van der Waals surface area contributed by atoms with Crippen LogP contribution in [0.2, 0.25) is 0 Å². The second-order valence-electron chi connectivity index (χ2n) is 6.23. The number of benzene rings is 2. The summed E-state index contributed by atoms with van der Waals surface area (Å²) in [6, 6.07) is 9.38. The van der Waals surface area contributed by atoms with Crippen molar-refractivity contribution in [1.82, 2.24) is 30.8 Å². The van der Waals surface area contributed by atoms with Gasteiger partial charge in [0.15, 0.2) is 23.0 Å². The monoisotopic (exact) mass is 376 g/mol. The Kier molecular flexibility index (Phi) is 3.06. The molecule has 0 amide bonds. The number of ether oxygens (including phenoxy) is 4. The SMILES string of the molecule is c1cc2c(cc1-c1cnn[nH]1)OC(c1ccc3c(c1-c1cnn[nH]1)OCO3)O2. The van der Waals surface area contributed by atoms with E-state index >= 15 is 0 Å². The molecule has 1 atom stereocenters. The van der Waals surface area contributed by atoms with Crippen LogP contribution in [0.25, 0.3) is 22.5 Å². The van der Waals surface area contributed by atoms with Crippen LogP contribution in [0.1, 0.15) is 11.9 Å². The molecule has 2 aliphatic rings. The molecule has 28 heavy (non-hydrogen) atoms. The number of nitrogens with one attached hydrogen (secondary N) is 2. The van der Waals surface area contributed by atoms with Crippen molar-refractivity contribution in [1.29, 1.82) is 0 Å². The number of fused-ring (bicyclic) bond motifs is 2. The van der Waals surface area contributed by atoms with Crippen LogP contribution < -0.4 is 18.9 Å². The van der Waals surface area contributed by atoms with Crippen molar-refractivity contribution in [2.45, 2.75) is 6.29 Å². The average Bonchev–Trinajstić information content (AvgIpc) is 3.53. The summed E-state index contributed by atoms with van der Waals surface area (Å²) >= 11 is 0. The number of H-pyrrole nitrogens is 2. The van der Waals surface area contributed by atoms with Gasteiger partial charge in [0, 0.05) is 11.1 Å². The highest BCUT2D eigenvalue weighted by atomic mass is 16.7. The molecule has 4 aromatic rings. The zero-order valence-corrected chi connectivity index (χ0v) is 14.2. The zero-order chi connectivity index (χ0) is 18.5. The lowest BCUT2D eigenvalue weighted by Crippen LogP contribution is -2.10. The molecule has 0 aliphatic carbocycles. The molecule has 1 unspecified atom stereocenters. The molecule has 2 aliphatic heterocycles. The van der Waals surface area contributed by atoms with Gasteiger partial charge in [0.1, 0.15) is 0 Å². The van der Waals surface area contributed by atoms with E-state index in [4.69, 9.17) is 18.9 Å². The largest absolute Gasteiger partial charge is 0.454 e. The molecule has 0 fully saturated rings. The Balaban J connectivity index is 1.41. The molecule has 4 heterocycles. The smallest absolute Gasteiger partial charge is 0.268 e. The normalized spacial score (nSPS) is 16.5. The Morgan fingerprint density at radius 3 is 2.43 bits per heavy atom. The number of hydrogen-bond acceptors (Lipinski definition) is 8. The van der Waals surface area contributed by atoms with E-state index in [-0.39, 0.29) is 6.79 Å². The number of nitrogens with zero attached hydrogens (tertiary/aromatic N) is 4. The van der Waals surface area contributed by atoms with Gasteiger partial charge in [-0.15, -0.1) is 10.2 Å². The molecule has 10 nitrogen and oxygen atoms in total. The number of aromatic amines is 2. The molecule has 2 aromatic heterocycles. The van der Waals surface area contributed by atoms with Crippen LogP contribution in [0.3, 0.4) is 0 Å². The van der Waals surface area contributed by atoms with Crippen LogP contribution in [0, 0.1) is 0 Å². The fourth-order valence-corrected chi connectivity index (χ4v) is 3.36. The summed E-state index contributed by atoms with van der Waals surface area (Å²) in [6.45, 7) is 0.154. The van der Waals surface area contributed by atoms with E-state index in [0.29, 0.717) is 28.7 Å². The third-order valence-electron chi connectivity index (χ3n) is 4.65. The van der Waals surface area contributed by atoms with Crippen molar-refractivity contribution in [3.63, 3.8) is 0 Å². The summed E-state index contributed by atoms with van der Waals surface area (Å²) in [6.07, 6.45) is 2.61. The van der Waals surface area contributed by atoms with Gasteiger partial charge in [-0.05, 0) is 30.3 Å². The molecule has 0 saturated carbocycles. The third-order valence-corrected chi connectivity index (χ3v) is 4.65. The number of aromatic nitrogens is 6. The first kappa shape index (κ1) is 15.0. The van der Waals surface area contributed by atoms with Crippen LogP contribution in [0.5, 0.6) is 23.0 Å². The van der Waals surface area contributed by atoms with E-state index in [2.05, 4.69) is 30.8 Å². The van der Waals surface area contributed by atoms with E-state index in [1.165, 1.54) is 0 Å². The second kappa shape index (κ2) is 5.71. The summed E-state index contributed by atoms with van der Waals surface area (Å²) in [7, 11) is 0. The van der Waals surface area contributed by atoms with Gasteiger partial charge in [-0.1, -0.05) is 10.4 Å². The van der Waals surface area contributed by atoms with Crippen molar-refractivity contribution in [2.75, 3.05) is 6.79 Å². The van der Waals surface area contributed by atoms with Gasteiger partial charge in [0.2, 0.25) is 6.79 Å². The minimum atomic E-state index is -0.655. The van der Waals surface area contributed by atoms with Crippen molar-refractivity contribution < 1.29 is 18.9 Å². The van der Waals surface area contributed by atoms with E-state index in [0.717, 1.165) is 22.4 Å². The lowest BCUT2D eigenvalue weighted by molar-refractivity contribution is 0.0490. The Labute approximate surface area is 157 Å². The van der Waals surface area contributed by atoms with Crippen LogP contribution in [0.4, 0.5) is 0 Å². The Bertz CT molecular complexity index is 1160. The minimum Gasteiger partial charge on any atom is -0.454 e. The molecule has 6 rings (SSSR count). The van der Waals surface area contributed by atoms with E-state index in [1.54, 1.807) is 12.4 Å². The molecule has 0 radical (unpaired) electrons. The Morgan fingerprint density at radius 1 is 0.821 bits per heavy atom.